The van der Waals surface area contributed by atoms with Crippen LogP contribution in [0.15, 0.2) is 86.0 Å². The number of nitro benzene ring substituents is 1. The average molecular weight is 988 g/mol. The first kappa shape index (κ1) is 60.2. The molecule has 0 aromatic heterocycles. The van der Waals surface area contributed by atoms with Crippen LogP contribution in [-0.4, -0.2) is 106 Å². The molecule has 0 spiro atoms. The van der Waals surface area contributed by atoms with E-state index in [1.807, 2.05) is 43.4 Å². The number of halogens is 4. The molecule has 3 aromatic rings. The molecule has 2 amide bonds. The molecule has 0 radical (unpaired) electrons. The first-order valence-corrected chi connectivity index (χ1v) is 24.2. The first-order valence-electron chi connectivity index (χ1n) is 18.2. The zero-order valence-corrected chi connectivity index (χ0v) is 40.2. The standard InChI is InChI=1S/C14H20ClNO2.C12H9ClN2O3.C8H11Cl2NO.C3H8NO5P.C3H9S/c1-4-12-8-6-7-11(3)14(12)16(10-18-5-2)13(17)9-15;13-11-10(18-8-4-2-1-3-5-8)7-6-9(12(11)14)15(16)17;1-3-5-11(6-4-2)8(12)7(9)10;5-3(6)1-4-2-10(7,8)9;1-4(2)3/h6-8H,4-5,9-10H2,1-3H3;1-7H,14H2;3-4,7H,1-2,5-6H2;4H,1-2H2,(H,5,6)(H2,7,8,9);1-3H3/q;;;;+1/p-1. The second kappa shape index (κ2) is 33.7. The van der Waals surface area contributed by atoms with Gasteiger partial charge in [0.05, 0.1) is 42.2 Å². The normalized spacial score (nSPS) is 11.0. The number of para-hydroxylation sites is 2. The number of anilines is 2. The predicted molar refractivity (Wildman–Crippen MR) is 252 cm³/mol. The van der Waals surface area contributed by atoms with Crippen LogP contribution in [0.1, 0.15) is 25.0 Å². The minimum absolute atomic E-state index is 0.0352. The van der Waals surface area contributed by atoms with Crippen LogP contribution in [0.3, 0.4) is 0 Å². The van der Waals surface area contributed by atoms with E-state index < -0.39 is 36.2 Å². The number of nitrogens with two attached hydrogens (primary N) is 1. The van der Waals surface area contributed by atoms with Crippen LogP contribution in [0, 0.1) is 17.0 Å². The molecule has 0 aliphatic rings. The Hall–Kier alpha value is -3.87. The molecule has 0 aliphatic carbocycles. The van der Waals surface area contributed by atoms with Crippen molar-refractivity contribution in [3.8, 4) is 11.5 Å². The molecule has 1 unspecified atom stereocenters. The summed E-state index contributed by atoms with van der Waals surface area (Å²) in [6.07, 6.45) is 9.96. The van der Waals surface area contributed by atoms with Gasteiger partial charge in [-0.1, -0.05) is 90.3 Å². The van der Waals surface area contributed by atoms with Crippen molar-refractivity contribution in [1.29, 1.82) is 0 Å². The molecule has 22 heteroatoms. The summed E-state index contributed by atoms with van der Waals surface area (Å²) in [7, 11) is -3.71. The van der Waals surface area contributed by atoms with E-state index in [-0.39, 0.29) is 46.6 Å². The summed E-state index contributed by atoms with van der Waals surface area (Å²) in [5.41, 5.74) is 8.37. The Morgan fingerprint density at radius 1 is 1.03 bits per heavy atom. The van der Waals surface area contributed by atoms with E-state index in [4.69, 9.17) is 71.6 Å². The number of alkyl halides is 3. The Bertz CT molecular complexity index is 1880. The van der Waals surface area contributed by atoms with Gasteiger partial charge in [0.25, 0.3) is 11.6 Å². The SMILES string of the molecule is C=CCN(CC=C)C(=O)C(Cl)Cl.CCOCN(C(=O)CCl)c1c(C)cccc1CC.C[S+](C)C.Nc1c([N+](=O)[O-])ccc(Oc2ccccc2)c1Cl.O=C(O)CNCP(=O)([O-])O. The van der Waals surface area contributed by atoms with Gasteiger partial charge in [-0.2, -0.15) is 0 Å². The fraction of sp³-hybridized carbons (Fsp3) is 0.375. The molecular weight excluding hydrogens is 931 g/mol. The van der Waals surface area contributed by atoms with Crippen LogP contribution >= 0.6 is 54.0 Å². The number of aryl methyl sites for hydroxylation is 2. The highest BCUT2D eigenvalue weighted by molar-refractivity contribution is 7.94. The van der Waals surface area contributed by atoms with Crippen LogP contribution in [0.4, 0.5) is 17.1 Å². The molecule has 0 saturated carbocycles. The second-order valence-corrected chi connectivity index (χ2v) is 18.2. The quantitative estimate of drug-likeness (QED) is 0.0142. The molecule has 346 valence electrons. The Balaban J connectivity index is 0. The molecule has 5 N–H and O–H groups in total. The number of aliphatic carboxylic acids is 1. The van der Waals surface area contributed by atoms with E-state index in [9.17, 15) is 34.0 Å². The van der Waals surface area contributed by atoms with E-state index >= 15 is 0 Å². The highest BCUT2D eigenvalue weighted by Gasteiger charge is 2.20. The van der Waals surface area contributed by atoms with Gasteiger partial charge in [-0.3, -0.25) is 34.7 Å². The molecule has 0 saturated heterocycles. The van der Waals surface area contributed by atoms with Crippen molar-refractivity contribution >= 4 is 99.7 Å². The number of carboxylic acid groups (broad SMARTS) is 1. The topological polar surface area (TPSA) is 238 Å². The van der Waals surface area contributed by atoms with Crippen molar-refractivity contribution in [1.82, 2.24) is 10.2 Å². The molecule has 16 nitrogen and oxygen atoms in total. The highest BCUT2D eigenvalue weighted by atomic mass is 35.5. The summed E-state index contributed by atoms with van der Waals surface area (Å²) < 4.78 is 20.8. The number of nitro groups is 1. The number of rotatable bonds is 18. The molecule has 0 fully saturated rings. The number of amides is 2. The van der Waals surface area contributed by atoms with Gasteiger partial charge < -0.3 is 39.6 Å². The van der Waals surface area contributed by atoms with Crippen LogP contribution < -0.4 is 25.6 Å². The number of nitrogens with zero attached hydrogens (tertiary/aromatic N) is 3. The molecular formula is C40H56Cl4N5O11PS. The van der Waals surface area contributed by atoms with Crippen LogP contribution in [-0.2, 0) is 41.0 Å². The summed E-state index contributed by atoms with van der Waals surface area (Å²) in [6.45, 7) is 14.2. The number of hydrogen-bond acceptors (Lipinski definition) is 11. The van der Waals surface area contributed by atoms with Crippen LogP contribution in [0.5, 0.6) is 11.5 Å². The first-order chi connectivity index (χ1) is 29.0. The number of carbonyl (C=O) groups excluding carboxylic acids is 2. The number of nitrogen functional groups attached to an aromatic ring is 1. The summed E-state index contributed by atoms with van der Waals surface area (Å²) in [5.74, 6) is -0.802. The van der Waals surface area contributed by atoms with Gasteiger partial charge in [-0.15, -0.1) is 24.8 Å². The van der Waals surface area contributed by atoms with Gasteiger partial charge in [-0.25, -0.2) is 0 Å². The van der Waals surface area contributed by atoms with Crippen molar-refractivity contribution in [3.63, 3.8) is 0 Å². The number of hydrogen-bond donors (Lipinski definition) is 4. The number of ether oxygens (including phenoxy) is 2. The third-order valence-corrected chi connectivity index (χ3v) is 8.50. The zero-order valence-electron chi connectivity index (χ0n) is 35.4. The molecule has 0 heterocycles. The molecule has 0 bridgehead atoms. The summed E-state index contributed by atoms with van der Waals surface area (Å²) in [6, 6.07) is 17.7. The van der Waals surface area contributed by atoms with E-state index in [0.29, 0.717) is 36.3 Å². The van der Waals surface area contributed by atoms with Gasteiger partial charge in [0, 0.05) is 25.8 Å². The Kier molecular flexibility index (Phi) is 32.7. The molecule has 1 atom stereocenters. The maximum absolute atomic E-state index is 12.0. The number of nitrogens with one attached hydrogen (secondary N) is 1. The largest absolute Gasteiger partial charge is 0.778 e. The van der Waals surface area contributed by atoms with Gasteiger partial charge in [0.2, 0.25) is 5.91 Å². The third kappa shape index (κ3) is 26.6. The van der Waals surface area contributed by atoms with E-state index in [0.717, 1.165) is 23.2 Å². The van der Waals surface area contributed by atoms with E-state index in [2.05, 4.69) is 38.8 Å². The lowest BCUT2D eigenvalue weighted by Crippen LogP contribution is -2.35. The summed E-state index contributed by atoms with van der Waals surface area (Å²) in [4.78, 5) is 63.1. The number of carbonyl (C=O) groups is 3. The second-order valence-electron chi connectivity index (χ2n) is 12.5. The maximum atomic E-state index is 12.0. The fourth-order valence-electron chi connectivity index (χ4n) is 4.33. The van der Waals surface area contributed by atoms with Crippen molar-refractivity contribution in [2.24, 2.45) is 0 Å². The lowest BCUT2D eigenvalue weighted by atomic mass is 10.0. The number of carboxylic acids is 1. The average Bonchev–Trinajstić information content (AvgIpc) is 3.19. The lowest BCUT2D eigenvalue weighted by Gasteiger charge is -2.25. The Morgan fingerprint density at radius 3 is 2.03 bits per heavy atom. The van der Waals surface area contributed by atoms with Crippen molar-refractivity contribution in [2.45, 2.75) is 32.0 Å². The smallest absolute Gasteiger partial charge is 0.317 e. The van der Waals surface area contributed by atoms with E-state index in [1.54, 1.807) is 41.3 Å². The van der Waals surface area contributed by atoms with Gasteiger partial charge >= 0.3 is 5.97 Å². The van der Waals surface area contributed by atoms with Crippen molar-refractivity contribution in [2.75, 3.05) is 74.5 Å². The minimum atomic E-state index is -4.35. The molecule has 3 rings (SSSR count). The maximum Gasteiger partial charge on any atom is 0.317 e. The minimum Gasteiger partial charge on any atom is -0.778 e. The van der Waals surface area contributed by atoms with Gasteiger partial charge in [-0.05, 0) is 60.5 Å². The van der Waals surface area contributed by atoms with Crippen molar-refractivity contribution < 1.29 is 48.2 Å². The highest BCUT2D eigenvalue weighted by Crippen LogP contribution is 2.38. The Morgan fingerprint density at radius 2 is 1.60 bits per heavy atom. The van der Waals surface area contributed by atoms with Gasteiger partial charge in [0.1, 0.15) is 42.4 Å². The summed E-state index contributed by atoms with van der Waals surface area (Å²) in [5, 5.41) is 20.7. The monoisotopic (exact) mass is 985 g/mol. The molecule has 62 heavy (non-hydrogen) atoms. The third-order valence-electron chi connectivity index (χ3n) is 6.89. The zero-order chi connectivity index (χ0) is 48.0. The van der Waals surface area contributed by atoms with Gasteiger partial charge in [0.15, 0.2) is 4.84 Å². The number of benzene rings is 3. The summed E-state index contributed by atoms with van der Waals surface area (Å²) >= 11 is 22.4. The predicted octanol–water partition coefficient (Wildman–Crippen LogP) is 7.39. The van der Waals surface area contributed by atoms with Crippen LogP contribution in [0.2, 0.25) is 5.02 Å². The van der Waals surface area contributed by atoms with Crippen LogP contribution in [0.25, 0.3) is 0 Å². The fourth-order valence-corrected chi connectivity index (χ4v) is 5.34. The molecule has 3 aromatic carbocycles. The van der Waals surface area contributed by atoms with Crippen molar-refractivity contribution in [3.05, 3.63) is 112 Å². The molecule has 0 aliphatic heterocycles. The Labute approximate surface area is 386 Å². The van der Waals surface area contributed by atoms with E-state index in [1.165, 1.54) is 17.0 Å². The lowest BCUT2D eigenvalue weighted by molar-refractivity contribution is -0.383.